The van der Waals surface area contributed by atoms with Gasteiger partial charge in [-0.15, -0.1) is 0 Å². The van der Waals surface area contributed by atoms with Gasteiger partial charge in [-0.2, -0.15) is 0 Å². The molecule has 13 heteroatoms. The molecule has 0 bridgehead atoms. The van der Waals surface area contributed by atoms with Crippen LogP contribution < -0.4 is 20.0 Å². The van der Waals surface area contributed by atoms with Crippen LogP contribution in [0.4, 0.5) is 26.8 Å². The molecule has 3 aliphatic heterocycles. The minimum atomic E-state index is -3.01. The van der Waals surface area contributed by atoms with E-state index in [0.717, 1.165) is 11.3 Å². The highest BCUT2D eigenvalue weighted by atomic mass is 31.2. The first-order chi connectivity index (χ1) is 21.0. The van der Waals surface area contributed by atoms with Gasteiger partial charge in [-0.3, -0.25) is 0 Å². The van der Waals surface area contributed by atoms with Crippen LogP contribution in [0.2, 0.25) is 0 Å². The largest absolute Gasteiger partial charge is 0.484 e. The van der Waals surface area contributed by atoms with Crippen LogP contribution in [-0.4, -0.2) is 91.0 Å². The van der Waals surface area contributed by atoms with Gasteiger partial charge in [-0.25, -0.2) is 24.5 Å². The Morgan fingerprint density at radius 2 is 1.56 bits per heavy atom. The number of pyridine rings is 2. The van der Waals surface area contributed by atoms with Gasteiger partial charge in [0, 0.05) is 49.7 Å². The molecule has 246 valence electrons. The molecular formula is C32H46N5O7P. The maximum absolute atomic E-state index is 14.1. The summed E-state index contributed by atoms with van der Waals surface area (Å²) < 4.78 is 37.4. The van der Waals surface area contributed by atoms with Gasteiger partial charge in [0.2, 0.25) is 0 Å². The van der Waals surface area contributed by atoms with Crippen molar-refractivity contribution in [2.24, 2.45) is 0 Å². The number of hydrogen-bond acceptors (Lipinski definition) is 10. The topological polar surface area (TPSA) is 124 Å². The van der Waals surface area contributed by atoms with Crippen LogP contribution in [0, 0.1) is 0 Å². The summed E-state index contributed by atoms with van der Waals surface area (Å²) in [7, 11) is -3.01. The molecule has 2 aromatic heterocycles. The number of hydrogen-bond donors (Lipinski definition) is 0. The third kappa shape index (κ3) is 7.55. The molecule has 45 heavy (non-hydrogen) atoms. The monoisotopic (exact) mass is 643 g/mol. The number of nitrogens with zero attached hydrogens (tertiary/aromatic N) is 5. The third-order valence-corrected chi connectivity index (χ3v) is 9.10. The van der Waals surface area contributed by atoms with Gasteiger partial charge in [0.1, 0.15) is 36.1 Å². The van der Waals surface area contributed by atoms with Gasteiger partial charge in [0.15, 0.2) is 11.6 Å². The van der Waals surface area contributed by atoms with Crippen LogP contribution >= 0.6 is 7.14 Å². The number of anilines is 3. The average Bonchev–Trinajstić information content (AvgIpc) is 3.11. The van der Waals surface area contributed by atoms with Crippen molar-refractivity contribution in [3.8, 4) is 5.75 Å². The van der Waals surface area contributed by atoms with Crippen molar-refractivity contribution in [1.29, 1.82) is 0 Å². The van der Waals surface area contributed by atoms with Gasteiger partial charge in [0.25, 0.3) is 0 Å². The molecule has 0 unspecified atom stereocenters. The molecule has 5 rings (SSSR count). The molecule has 3 aliphatic rings. The van der Waals surface area contributed by atoms with Crippen molar-refractivity contribution >= 4 is 42.0 Å². The summed E-state index contributed by atoms with van der Waals surface area (Å²) in [5, 5.41) is 0. The predicted octanol–water partition coefficient (Wildman–Crippen LogP) is 5.64. The number of likely N-dealkylation sites (tertiary alicyclic amines) is 1. The zero-order valence-electron chi connectivity index (χ0n) is 27.7. The minimum Gasteiger partial charge on any atom is -0.484 e. The fourth-order valence-corrected chi connectivity index (χ4v) is 6.77. The fraction of sp³-hybridized carbons (Fsp3) is 0.625. The summed E-state index contributed by atoms with van der Waals surface area (Å²) in [4.78, 5) is 41.8. The Hall–Kier alpha value is -3.37. The third-order valence-electron chi connectivity index (χ3n) is 7.78. The average molecular weight is 644 g/mol. The van der Waals surface area contributed by atoms with Crippen LogP contribution in [0.5, 0.6) is 5.75 Å². The van der Waals surface area contributed by atoms with E-state index in [2.05, 4.69) is 4.90 Å². The summed E-state index contributed by atoms with van der Waals surface area (Å²) in [6.07, 6.45) is 1.99. The quantitative estimate of drug-likeness (QED) is 0.388. The molecule has 2 saturated heterocycles. The first-order valence-electron chi connectivity index (χ1n) is 15.6. The Balaban J connectivity index is 1.59. The number of morpholine rings is 1. The smallest absolute Gasteiger partial charge is 0.420 e. The van der Waals surface area contributed by atoms with E-state index >= 15 is 0 Å². The SMILES string of the molecule is CC(C)(C)OC(=O)N1CCC(c2cc3c(c(P(C)(C)=O)n2)OCc2c(N4CCOCC4)ccnc2N3C(=O)OC(C)(C)C)CC1. The second-order valence-corrected chi connectivity index (χ2v) is 17.3. The van der Waals surface area contributed by atoms with Crippen LogP contribution in [0.15, 0.2) is 18.3 Å². The van der Waals surface area contributed by atoms with Crippen molar-refractivity contribution in [1.82, 2.24) is 14.9 Å². The number of carbonyl (C=O) groups excluding carboxylic acids is 2. The van der Waals surface area contributed by atoms with Crippen molar-refractivity contribution in [3.63, 3.8) is 0 Å². The Kier molecular flexibility index (Phi) is 9.12. The Bertz CT molecular complexity index is 1480. The molecule has 2 amide bonds. The van der Waals surface area contributed by atoms with E-state index in [1.165, 1.54) is 4.90 Å². The lowest BCUT2D eigenvalue weighted by atomic mass is 9.93. The molecule has 2 aromatic rings. The first kappa shape index (κ1) is 33.0. The number of fused-ring (bicyclic) bond motifs is 2. The van der Waals surface area contributed by atoms with Crippen LogP contribution in [-0.2, 0) is 25.4 Å². The summed E-state index contributed by atoms with van der Waals surface area (Å²) in [6, 6.07) is 3.76. The first-order valence-corrected chi connectivity index (χ1v) is 18.2. The molecule has 0 radical (unpaired) electrons. The highest BCUT2D eigenvalue weighted by Gasteiger charge is 2.39. The molecule has 12 nitrogen and oxygen atoms in total. The van der Waals surface area contributed by atoms with Crippen molar-refractivity contribution in [2.75, 3.05) is 62.5 Å². The molecule has 0 aliphatic carbocycles. The zero-order valence-corrected chi connectivity index (χ0v) is 28.6. The highest BCUT2D eigenvalue weighted by Crippen LogP contribution is 2.48. The number of ether oxygens (including phenoxy) is 4. The molecule has 0 spiro atoms. The lowest BCUT2D eigenvalue weighted by Crippen LogP contribution is -2.41. The number of piperidine rings is 1. The van der Waals surface area contributed by atoms with Crippen LogP contribution in [0.25, 0.3) is 0 Å². The van der Waals surface area contributed by atoms with Gasteiger partial charge >= 0.3 is 12.2 Å². The molecule has 0 aromatic carbocycles. The molecule has 5 heterocycles. The fourth-order valence-electron chi connectivity index (χ4n) is 5.74. The number of rotatable bonds is 3. The summed E-state index contributed by atoms with van der Waals surface area (Å²) in [6.45, 7) is 17.9. The van der Waals surface area contributed by atoms with Crippen molar-refractivity contribution < 1.29 is 33.1 Å². The van der Waals surface area contributed by atoms with E-state index in [0.29, 0.717) is 74.9 Å². The summed E-state index contributed by atoms with van der Waals surface area (Å²) >= 11 is 0. The number of carbonyl (C=O) groups is 2. The minimum absolute atomic E-state index is 0.0462. The maximum atomic E-state index is 14.1. The lowest BCUT2D eigenvalue weighted by Gasteiger charge is -2.34. The van der Waals surface area contributed by atoms with E-state index < -0.39 is 24.4 Å². The highest BCUT2D eigenvalue weighted by molar-refractivity contribution is 7.70. The van der Waals surface area contributed by atoms with E-state index in [9.17, 15) is 14.2 Å². The van der Waals surface area contributed by atoms with Crippen molar-refractivity contribution in [2.45, 2.75) is 78.1 Å². The van der Waals surface area contributed by atoms with Crippen molar-refractivity contribution in [3.05, 3.63) is 29.6 Å². The lowest BCUT2D eigenvalue weighted by molar-refractivity contribution is 0.0203. The van der Waals surface area contributed by atoms with E-state index in [4.69, 9.17) is 28.9 Å². The Morgan fingerprint density at radius 1 is 0.933 bits per heavy atom. The normalized spacial score (nSPS) is 18.0. The van der Waals surface area contributed by atoms with E-state index in [1.807, 2.05) is 53.7 Å². The Labute approximate surface area is 265 Å². The van der Waals surface area contributed by atoms with Gasteiger partial charge < -0.3 is 33.3 Å². The predicted molar refractivity (Wildman–Crippen MR) is 173 cm³/mol. The maximum Gasteiger partial charge on any atom is 0.420 e. The molecular weight excluding hydrogens is 597 g/mol. The number of aromatic nitrogens is 2. The van der Waals surface area contributed by atoms with Crippen LogP contribution in [0.1, 0.15) is 71.6 Å². The van der Waals surface area contributed by atoms with Gasteiger partial charge in [-0.05, 0) is 79.8 Å². The zero-order chi connectivity index (χ0) is 32.7. The molecule has 0 saturated carbocycles. The van der Waals surface area contributed by atoms with Crippen LogP contribution in [0.3, 0.4) is 0 Å². The standard InChI is InChI=1S/C32H46N5O7P/c1-31(2,3)43-29(38)36-13-10-21(11-14-36)23-19-25-26(28(34-23)45(7,8)40)42-20-22-24(35-15-17-41-18-16-35)9-12-33-27(22)37(25)30(39)44-32(4,5)6/h9,12,19,21H,10-11,13-18,20H2,1-8H3. The van der Waals surface area contributed by atoms with Gasteiger partial charge in [-0.1, -0.05) is 0 Å². The summed E-state index contributed by atoms with van der Waals surface area (Å²) in [5.41, 5.74) is 1.65. The molecule has 2 fully saturated rings. The van der Waals surface area contributed by atoms with E-state index in [1.54, 1.807) is 24.4 Å². The van der Waals surface area contributed by atoms with Gasteiger partial charge in [0.05, 0.1) is 18.8 Å². The Morgan fingerprint density at radius 3 is 2.16 bits per heavy atom. The molecule has 0 atom stereocenters. The van der Waals surface area contributed by atoms with E-state index in [-0.39, 0.29) is 24.4 Å². The second kappa shape index (κ2) is 12.4. The summed E-state index contributed by atoms with van der Waals surface area (Å²) in [5.74, 6) is 0.641. The second-order valence-electron chi connectivity index (χ2n) is 14.1. The molecule has 0 N–H and O–H groups in total. The number of amides is 2.